The molecule has 10 heteroatoms. The van der Waals surface area contributed by atoms with Crippen LogP contribution in [0.2, 0.25) is 5.02 Å². The van der Waals surface area contributed by atoms with E-state index in [0.717, 1.165) is 18.5 Å². The van der Waals surface area contributed by atoms with Crippen molar-refractivity contribution >= 4 is 39.1 Å². The monoisotopic (exact) mass is 442 g/mol. The van der Waals surface area contributed by atoms with Gasteiger partial charge in [0.1, 0.15) is 6.33 Å². The Morgan fingerprint density at radius 1 is 1.43 bits per heavy atom. The molecule has 1 amide bonds. The number of hydrogen-bond donors (Lipinski definition) is 0. The van der Waals surface area contributed by atoms with E-state index in [9.17, 15) is 13.2 Å². The van der Waals surface area contributed by atoms with Gasteiger partial charge in [-0.15, -0.1) is 10.2 Å². The van der Waals surface area contributed by atoms with Gasteiger partial charge in [-0.05, 0) is 31.0 Å². The summed E-state index contributed by atoms with van der Waals surface area (Å²) in [5.41, 5.74) is 0.817. The molecule has 1 saturated heterocycles. The summed E-state index contributed by atoms with van der Waals surface area (Å²) in [6, 6.07) is 7.08. The van der Waals surface area contributed by atoms with Crippen LogP contribution >= 0.6 is 23.4 Å². The van der Waals surface area contributed by atoms with Gasteiger partial charge in [-0.25, -0.2) is 8.42 Å². The number of thioether (sulfide) groups is 1. The molecule has 7 nitrogen and oxygen atoms in total. The lowest BCUT2D eigenvalue weighted by Gasteiger charge is -2.28. The predicted molar refractivity (Wildman–Crippen MR) is 111 cm³/mol. The second-order valence-electron chi connectivity index (χ2n) is 6.75. The molecule has 0 aliphatic carbocycles. The van der Waals surface area contributed by atoms with Gasteiger partial charge in [-0.1, -0.05) is 42.8 Å². The van der Waals surface area contributed by atoms with Crippen molar-refractivity contribution in [3.63, 3.8) is 0 Å². The van der Waals surface area contributed by atoms with Crippen LogP contribution in [0.3, 0.4) is 0 Å². The van der Waals surface area contributed by atoms with Crippen molar-refractivity contribution in [1.29, 1.82) is 0 Å². The van der Waals surface area contributed by atoms with Gasteiger partial charge in [0.15, 0.2) is 15.0 Å². The first-order valence-electron chi connectivity index (χ1n) is 9.18. The number of amides is 1. The van der Waals surface area contributed by atoms with Crippen molar-refractivity contribution in [3.8, 4) is 5.69 Å². The number of unbranched alkanes of at least 4 members (excludes halogenated alkanes) is 1. The second-order valence-corrected chi connectivity index (χ2v) is 10.4. The van der Waals surface area contributed by atoms with Crippen molar-refractivity contribution in [2.45, 2.75) is 37.4 Å². The van der Waals surface area contributed by atoms with Crippen molar-refractivity contribution in [1.82, 2.24) is 19.7 Å². The van der Waals surface area contributed by atoms with Gasteiger partial charge in [0.2, 0.25) is 5.91 Å². The van der Waals surface area contributed by atoms with Crippen LogP contribution < -0.4 is 0 Å². The molecule has 2 aromatic rings. The number of rotatable bonds is 8. The first-order chi connectivity index (χ1) is 13.4. The molecule has 0 spiro atoms. The largest absolute Gasteiger partial charge is 0.338 e. The number of aromatic nitrogens is 3. The number of hydrogen-bond acceptors (Lipinski definition) is 6. The molecule has 1 aromatic carbocycles. The summed E-state index contributed by atoms with van der Waals surface area (Å²) in [5.74, 6) is 0.330. The first-order valence-corrected chi connectivity index (χ1v) is 12.4. The summed E-state index contributed by atoms with van der Waals surface area (Å²) < 4.78 is 25.5. The Morgan fingerprint density at radius 3 is 2.93 bits per heavy atom. The maximum absolute atomic E-state index is 12.9. The Balaban J connectivity index is 1.69. The van der Waals surface area contributed by atoms with Gasteiger partial charge >= 0.3 is 0 Å². The lowest BCUT2D eigenvalue weighted by atomic mass is 10.2. The number of carbonyl (C=O) groups is 1. The minimum atomic E-state index is -3.04. The van der Waals surface area contributed by atoms with E-state index in [1.807, 2.05) is 12.1 Å². The van der Waals surface area contributed by atoms with Crippen LogP contribution in [0, 0.1) is 0 Å². The van der Waals surface area contributed by atoms with Crippen molar-refractivity contribution in [2.24, 2.45) is 0 Å². The topological polar surface area (TPSA) is 85.2 Å². The molecular formula is C18H23ClN4O3S2. The lowest BCUT2D eigenvalue weighted by molar-refractivity contribution is -0.130. The molecule has 0 N–H and O–H groups in total. The Bertz CT molecular complexity index is 932. The zero-order chi connectivity index (χ0) is 20.1. The summed E-state index contributed by atoms with van der Waals surface area (Å²) in [4.78, 5) is 14.6. The van der Waals surface area contributed by atoms with Crippen LogP contribution in [0.4, 0.5) is 0 Å². The number of carbonyl (C=O) groups excluding carboxylic acids is 1. The number of halogens is 1. The molecule has 3 rings (SSSR count). The van der Waals surface area contributed by atoms with Gasteiger partial charge in [0.05, 0.1) is 22.9 Å². The third kappa shape index (κ3) is 5.27. The Kier molecular flexibility index (Phi) is 7.00. The highest BCUT2D eigenvalue weighted by Gasteiger charge is 2.34. The fourth-order valence-electron chi connectivity index (χ4n) is 3.20. The average molecular weight is 443 g/mol. The zero-order valence-corrected chi connectivity index (χ0v) is 18.0. The molecule has 1 fully saturated rings. The SMILES string of the molecule is CCCCN(C(=O)CSc1nncn1-c1cccc(Cl)c1)C1CCS(=O)(=O)C1. The minimum absolute atomic E-state index is 0.0613. The molecule has 1 atom stereocenters. The molecule has 1 aliphatic rings. The summed E-state index contributed by atoms with van der Waals surface area (Å²) in [6.45, 7) is 2.63. The van der Waals surface area contributed by atoms with E-state index in [1.165, 1.54) is 11.8 Å². The summed E-state index contributed by atoms with van der Waals surface area (Å²) in [7, 11) is -3.04. The van der Waals surface area contributed by atoms with E-state index >= 15 is 0 Å². The summed E-state index contributed by atoms with van der Waals surface area (Å²) in [6.07, 6.45) is 3.89. The van der Waals surface area contributed by atoms with Crippen LogP contribution in [-0.2, 0) is 14.6 Å². The molecule has 0 saturated carbocycles. The van der Waals surface area contributed by atoms with Crippen molar-refractivity contribution in [2.75, 3.05) is 23.8 Å². The predicted octanol–water partition coefficient (Wildman–Crippen LogP) is 2.83. The quantitative estimate of drug-likeness (QED) is 0.584. The standard InChI is InChI=1S/C18H23ClN4O3S2/c1-2-3-8-22(16-7-9-28(25,26)12-16)17(24)11-27-18-21-20-13-23(18)15-6-4-5-14(19)10-15/h4-6,10,13,16H,2-3,7-9,11-12H2,1H3. The molecule has 1 aromatic heterocycles. The van der Waals surface area contributed by atoms with Crippen molar-refractivity contribution in [3.05, 3.63) is 35.6 Å². The normalized spacial score (nSPS) is 18.3. The fourth-order valence-corrected chi connectivity index (χ4v) is 5.93. The summed E-state index contributed by atoms with van der Waals surface area (Å²) in [5, 5.41) is 9.24. The van der Waals surface area contributed by atoms with E-state index in [0.29, 0.717) is 23.1 Å². The van der Waals surface area contributed by atoms with Crippen LogP contribution in [0.25, 0.3) is 5.69 Å². The van der Waals surface area contributed by atoms with Gasteiger partial charge < -0.3 is 4.90 Å². The fraction of sp³-hybridized carbons (Fsp3) is 0.500. The molecule has 0 radical (unpaired) electrons. The van der Waals surface area contributed by atoms with E-state index in [1.54, 1.807) is 27.9 Å². The smallest absolute Gasteiger partial charge is 0.233 e. The maximum Gasteiger partial charge on any atom is 0.233 e. The molecule has 1 unspecified atom stereocenters. The molecule has 152 valence electrons. The molecule has 28 heavy (non-hydrogen) atoms. The highest BCUT2D eigenvalue weighted by atomic mass is 35.5. The first kappa shape index (κ1) is 21.1. The number of nitrogens with zero attached hydrogens (tertiary/aromatic N) is 4. The van der Waals surface area contributed by atoms with Crippen LogP contribution in [0.15, 0.2) is 35.7 Å². The summed E-state index contributed by atoms with van der Waals surface area (Å²) >= 11 is 7.35. The van der Waals surface area contributed by atoms with Gasteiger partial charge in [-0.2, -0.15) is 0 Å². The minimum Gasteiger partial charge on any atom is -0.338 e. The third-order valence-corrected chi connectivity index (χ3v) is 7.56. The Morgan fingerprint density at radius 2 is 2.25 bits per heavy atom. The van der Waals surface area contributed by atoms with E-state index in [2.05, 4.69) is 17.1 Å². The highest BCUT2D eigenvalue weighted by molar-refractivity contribution is 7.99. The van der Waals surface area contributed by atoms with Crippen LogP contribution in [0.5, 0.6) is 0 Å². The van der Waals surface area contributed by atoms with E-state index in [-0.39, 0.29) is 29.2 Å². The Labute approximate surface area is 174 Å². The van der Waals surface area contributed by atoms with Gasteiger partial charge in [0.25, 0.3) is 0 Å². The van der Waals surface area contributed by atoms with Gasteiger partial charge in [-0.3, -0.25) is 9.36 Å². The molecule has 1 aliphatic heterocycles. The van der Waals surface area contributed by atoms with E-state index < -0.39 is 9.84 Å². The highest BCUT2D eigenvalue weighted by Crippen LogP contribution is 2.24. The lowest BCUT2D eigenvalue weighted by Crippen LogP contribution is -2.42. The molecule has 2 heterocycles. The van der Waals surface area contributed by atoms with Gasteiger partial charge in [0, 0.05) is 17.6 Å². The van der Waals surface area contributed by atoms with E-state index in [4.69, 9.17) is 11.6 Å². The van der Waals surface area contributed by atoms with Crippen LogP contribution in [0.1, 0.15) is 26.2 Å². The Hall–Kier alpha value is -1.58. The zero-order valence-electron chi connectivity index (χ0n) is 15.6. The number of benzene rings is 1. The molecule has 0 bridgehead atoms. The second kappa shape index (κ2) is 9.28. The third-order valence-electron chi connectivity index (χ3n) is 4.65. The van der Waals surface area contributed by atoms with Crippen molar-refractivity contribution < 1.29 is 13.2 Å². The van der Waals surface area contributed by atoms with Crippen LogP contribution in [-0.4, -0.2) is 63.8 Å². The maximum atomic E-state index is 12.9. The number of sulfone groups is 1. The average Bonchev–Trinajstić information content (AvgIpc) is 3.26. The molecular weight excluding hydrogens is 420 g/mol.